The van der Waals surface area contributed by atoms with Crippen molar-refractivity contribution in [2.24, 2.45) is 0 Å². The normalized spacial score (nSPS) is 15.6. The highest BCUT2D eigenvalue weighted by Gasteiger charge is 2.25. The molecule has 6 heteroatoms. The van der Waals surface area contributed by atoms with Crippen molar-refractivity contribution in [2.75, 3.05) is 24.5 Å². The van der Waals surface area contributed by atoms with Crippen molar-refractivity contribution < 1.29 is 13.2 Å². The zero-order chi connectivity index (χ0) is 20.7. The first-order valence-electron chi connectivity index (χ1n) is 10.5. The highest BCUT2D eigenvalue weighted by Crippen LogP contribution is 2.21. The van der Waals surface area contributed by atoms with Crippen LogP contribution >= 0.6 is 0 Å². The van der Waals surface area contributed by atoms with Gasteiger partial charge < -0.3 is 4.90 Å². The largest absolute Gasteiger partial charge is 0.313 e. The van der Waals surface area contributed by atoms with Crippen LogP contribution in [0.1, 0.15) is 44.6 Å². The fourth-order valence-corrected chi connectivity index (χ4v) is 5.27. The lowest BCUT2D eigenvalue weighted by Gasteiger charge is -2.21. The quantitative estimate of drug-likeness (QED) is 0.681. The van der Waals surface area contributed by atoms with Crippen LogP contribution < -0.4 is 4.90 Å². The molecule has 0 bridgehead atoms. The van der Waals surface area contributed by atoms with Gasteiger partial charge in [0.2, 0.25) is 15.9 Å². The number of sulfonamides is 1. The molecule has 1 saturated heterocycles. The third-order valence-corrected chi connectivity index (χ3v) is 7.35. The Bertz CT molecular complexity index is 887. The number of nitrogens with zero attached hydrogens (tertiary/aromatic N) is 2. The molecule has 0 spiro atoms. The number of aryl methyl sites for hydroxylation is 1. The minimum absolute atomic E-state index is 0.0694. The van der Waals surface area contributed by atoms with E-state index in [4.69, 9.17) is 0 Å². The summed E-state index contributed by atoms with van der Waals surface area (Å²) >= 11 is 0. The Morgan fingerprint density at radius 2 is 1.55 bits per heavy atom. The lowest BCUT2D eigenvalue weighted by atomic mass is 10.1. The predicted octanol–water partition coefficient (Wildman–Crippen LogP) is 4.24. The highest BCUT2D eigenvalue weighted by atomic mass is 32.2. The van der Waals surface area contributed by atoms with E-state index in [-0.39, 0.29) is 5.91 Å². The van der Waals surface area contributed by atoms with Crippen molar-refractivity contribution in [3.05, 3.63) is 60.2 Å². The first-order valence-corrected chi connectivity index (χ1v) is 11.9. The fourth-order valence-electron chi connectivity index (χ4n) is 3.76. The minimum Gasteiger partial charge on any atom is -0.313 e. The maximum absolute atomic E-state index is 12.9. The standard InChI is InChI=1S/C23H30N2O3S/c1-2-25(21-10-6-5-7-11-21)23(26)17-14-20-12-15-22(16-13-20)29(27,28)24-18-8-3-4-9-19-24/h5-7,10-13,15-16H,2-4,8-9,14,17-19H2,1H3. The van der Waals surface area contributed by atoms with Crippen LogP contribution in [0.2, 0.25) is 0 Å². The van der Waals surface area contributed by atoms with E-state index in [9.17, 15) is 13.2 Å². The Hall–Kier alpha value is -2.18. The van der Waals surface area contributed by atoms with E-state index in [2.05, 4.69) is 0 Å². The monoisotopic (exact) mass is 414 g/mol. The number of para-hydroxylation sites is 1. The molecule has 1 amide bonds. The van der Waals surface area contributed by atoms with Gasteiger partial charge in [-0.3, -0.25) is 4.79 Å². The lowest BCUT2D eigenvalue weighted by Crippen LogP contribution is -2.32. The van der Waals surface area contributed by atoms with Crippen molar-refractivity contribution in [1.29, 1.82) is 0 Å². The van der Waals surface area contributed by atoms with E-state index < -0.39 is 10.0 Å². The molecule has 0 saturated carbocycles. The van der Waals surface area contributed by atoms with Crippen molar-refractivity contribution in [2.45, 2.75) is 50.3 Å². The van der Waals surface area contributed by atoms with Gasteiger partial charge in [0.25, 0.3) is 0 Å². The minimum atomic E-state index is -3.43. The SMILES string of the molecule is CCN(C(=O)CCc1ccc(S(=O)(=O)N2CCCCCC2)cc1)c1ccccc1. The lowest BCUT2D eigenvalue weighted by molar-refractivity contribution is -0.118. The van der Waals surface area contributed by atoms with Gasteiger partial charge in [0.05, 0.1) is 4.90 Å². The average Bonchev–Trinajstić information content (AvgIpc) is 3.04. The van der Waals surface area contributed by atoms with E-state index in [1.54, 1.807) is 21.3 Å². The zero-order valence-corrected chi connectivity index (χ0v) is 17.9. The Kier molecular flexibility index (Phi) is 7.45. The highest BCUT2D eigenvalue weighted by molar-refractivity contribution is 7.89. The molecule has 1 aliphatic rings. The number of carbonyl (C=O) groups excluding carboxylic acids is 1. The molecular formula is C23H30N2O3S. The van der Waals surface area contributed by atoms with E-state index in [0.29, 0.717) is 37.4 Å². The van der Waals surface area contributed by atoms with Gasteiger partial charge in [0.1, 0.15) is 0 Å². The third-order valence-electron chi connectivity index (χ3n) is 5.44. The topological polar surface area (TPSA) is 57.7 Å². The van der Waals surface area contributed by atoms with Gasteiger partial charge in [-0.1, -0.05) is 43.2 Å². The Labute approximate surface area is 174 Å². The molecule has 1 heterocycles. The second-order valence-corrected chi connectivity index (χ2v) is 9.37. The number of hydrogen-bond donors (Lipinski definition) is 0. The number of hydrogen-bond acceptors (Lipinski definition) is 3. The van der Waals surface area contributed by atoms with Crippen LogP contribution in [0.25, 0.3) is 0 Å². The van der Waals surface area contributed by atoms with Gasteiger partial charge in [-0.15, -0.1) is 0 Å². The molecule has 0 aromatic heterocycles. The summed E-state index contributed by atoms with van der Waals surface area (Å²) in [5.41, 5.74) is 1.87. The maximum Gasteiger partial charge on any atom is 0.243 e. The molecule has 3 rings (SSSR count). The number of anilines is 1. The number of benzene rings is 2. The van der Waals surface area contributed by atoms with Crippen LogP contribution in [-0.2, 0) is 21.2 Å². The van der Waals surface area contributed by atoms with Crippen LogP contribution in [0.5, 0.6) is 0 Å². The predicted molar refractivity (Wildman–Crippen MR) is 116 cm³/mol. The molecule has 0 aliphatic carbocycles. The summed E-state index contributed by atoms with van der Waals surface area (Å²) in [5.74, 6) is 0.0694. The van der Waals surface area contributed by atoms with Crippen LogP contribution in [0, 0.1) is 0 Å². The smallest absolute Gasteiger partial charge is 0.243 e. The first-order chi connectivity index (χ1) is 14.0. The first kappa shape index (κ1) is 21.5. The van der Waals surface area contributed by atoms with E-state index in [1.807, 2.05) is 49.4 Å². The summed E-state index contributed by atoms with van der Waals surface area (Å²) in [6.07, 6.45) is 5.02. The zero-order valence-electron chi connectivity index (χ0n) is 17.1. The molecule has 1 aliphatic heterocycles. The van der Waals surface area contributed by atoms with Gasteiger partial charge >= 0.3 is 0 Å². The Morgan fingerprint density at radius 1 is 0.931 bits per heavy atom. The van der Waals surface area contributed by atoms with Crippen LogP contribution in [0.4, 0.5) is 5.69 Å². The molecular weight excluding hydrogens is 384 g/mol. The van der Waals surface area contributed by atoms with Gasteiger partial charge in [-0.05, 0) is 56.0 Å². The molecule has 5 nitrogen and oxygen atoms in total. The Balaban J connectivity index is 1.62. The summed E-state index contributed by atoms with van der Waals surface area (Å²) in [7, 11) is -3.43. The molecule has 29 heavy (non-hydrogen) atoms. The van der Waals surface area contributed by atoms with Gasteiger partial charge in [0, 0.05) is 31.7 Å². The molecule has 156 valence electrons. The van der Waals surface area contributed by atoms with Gasteiger partial charge in [-0.25, -0.2) is 8.42 Å². The van der Waals surface area contributed by atoms with Crippen LogP contribution in [-0.4, -0.2) is 38.3 Å². The van der Waals surface area contributed by atoms with E-state index >= 15 is 0 Å². The van der Waals surface area contributed by atoms with Crippen molar-refractivity contribution >= 4 is 21.6 Å². The summed E-state index contributed by atoms with van der Waals surface area (Å²) < 4.78 is 27.3. The van der Waals surface area contributed by atoms with Gasteiger partial charge in [0.15, 0.2) is 0 Å². The molecule has 1 fully saturated rings. The van der Waals surface area contributed by atoms with Crippen molar-refractivity contribution in [3.63, 3.8) is 0 Å². The molecule has 0 radical (unpaired) electrons. The average molecular weight is 415 g/mol. The van der Waals surface area contributed by atoms with Crippen LogP contribution in [0.15, 0.2) is 59.5 Å². The number of rotatable bonds is 7. The van der Waals surface area contributed by atoms with E-state index in [0.717, 1.165) is 36.9 Å². The van der Waals surface area contributed by atoms with Gasteiger partial charge in [-0.2, -0.15) is 4.31 Å². The van der Waals surface area contributed by atoms with Crippen LogP contribution in [0.3, 0.4) is 0 Å². The molecule has 0 unspecified atom stereocenters. The third kappa shape index (κ3) is 5.46. The number of amides is 1. The second kappa shape index (κ2) is 10.0. The molecule has 2 aromatic rings. The summed E-state index contributed by atoms with van der Waals surface area (Å²) in [4.78, 5) is 14.8. The summed E-state index contributed by atoms with van der Waals surface area (Å²) in [5, 5.41) is 0. The fraction of sp³-hybridized carbons (Fsp3) is 0.435. The van der Waals surface area contributed by atoms with E-state index in [1.165, 1.54) is 0 Å². The maximum atomic E-state index is 12.9. The molecule has 0 atom stereocenters. The molecule has 2 aromatic carbocycles. The molecule has 0 N–H and O–H groups in total. The summed E-state index contributed by atoms with van der Waals surface area (Å²) in [6.45, 7) is 3.79. The van der Waals surface area contributed by atoms with Crippen molar-refractivity contribution in [1.82, 2.24) is 4.31 Å². The Morgan fingerprint density at radius 3 is 2.14 bits per heavy atom. The second-order valence-electron chi connectivity index (χ2n) is 7.44. The summed E-state index contributed by atoms with van der Waals surface area (Å²) in [6, 6.07) is 16.7. The van der Waals surface area contributed by atoms with Crippen molar-refractivity contribution in [3.8, 4) is 0 Å². The number of carbonyl (C=O) groups is 1.